The van der Waals surface area contributed by atoms with Gasteiger partial charge in [-0.25, -0.2) is 9.97 Å². The van der Waals surface area contributed by atoms with Crippen LogP contribution in [0.15, 0.2) is 67.1 Å². The number of anilines is 1. The van der Waals surface area contributed by atoms with Crippen molar-refractivity contribution in [2.24, 2.45) is 5.92 Å². The molecule has 0 aliphatic rings. The van der Waals surface area contributed by atoms with Crippen LogP contribution in [0, 0.1) is 5.92 Å². The van der Waals surface area contributed by atoms with Gasteiger partial charge in [0.25, 0.3) is 5.91 Å². The van der Waals surface area contributed by atoms with E-state index in [0.29, 0.717) is 36.7 Å². The maximum atomic E-state index is 12.7. The normalized spacial score (nSPS) is 12.0. The summed E-state index contributed by atoms with van der Waals surface area (Å²) in [6.45, 7) is 2.47. The van der Waals surface area contributed by atoms with Crippen molar-refractivity contribution in [1.82, 2.24) is 30.2 Å². The molecule has 9 nitrogen and oxygen atoms in total. The summed E-state index contributed by atoms with van der Waals surface area (Å²) in [6, 6.07) is 15.4. The minimum absolute atomic E-state index is 0.112. The zero-order valence-electron chi connectivity index (χ0n) is 19.2. The average Bonchev–Trinajstić information content (AvgIpc) is 3.55. The van der Waals surface area contributed by atoms with Crippen LogP contribution in [-0.2, 0) is 4.79 Å². The number of imidazole rings is 2. The van der Waals surface area contributed by atoms with Gasteiger partial charge >= 0.3 is 0 Å². The fraction of sp³-hybridized carbons (Fsp3) is 0.192. The number of aromatic nitrogens is 5. The van der Waals surface area contributed by atoms with E-state index in [1.54, 1.807) is 24.5 Å². The van der Waals surface area contributed by atoms with Crippen LogP contribution < -0.4 is 10.6 Å². The van der Waals surface area contributed by atoms with E-state index in [1.807, 2.05) is 49.5 Å². The van der Waals surface area contributed by atoms with Gasteiger partial charge in [0.2, 0.25) is 11.9 Å². The molecule has 2 aromatic carbocycles. The highest BCUT2D eigenvalue weighted by atomic mass is 16.2. The lowest BCUT2D eigenvalue weighted by Crippen LogP contribution is -2.28. The Morgan fingerprint density at radius 1 is 1.06 bits per heavy atom. The summed E-state index contributed by atoms with van der Waals surface area (Å²) in [7, 11) is 0. The third kappa shape index (κ3) is 5.19. The quantitative estimate of drug-likeness (QED) is 0.271. The Morgan fingerprint density at radius 3 is 2.74 bits per heavy atom. The number of benzene rings is 2. The Labute approximate surface area is 201 Å². The van der Waals surface area contributed by atoms with E-state index in [1.165, 1.54) is 0 Å². The van der Waals surface area contributed by atoms with Gasteiger partial charge in [-0.15, -0.1) is 0 Å². The number of amides is 2. The van der Waals surface area contributed by atoms with Gasteiger partial charge in [-0.05, 0) is 42.0 Å². The van der Waals surface area contributed by atoms with Crippen molar-refractivity contribution in [3.8, 4) is 11.5 Å². The first-order valence-corrected chi connectivity index (χ1v) is 11.5. The molecule has 2 amide bonds. The predicted molar refractivity (Wildman–Crippen MR) is 135 cm³/mol. The van der Waals surface area contributed by atoms with E-state index in [0.717, 1.165) is 27.5 Å². The first-order valence-electron chi connectivity index (χ1n) is 11.5. The van der Waals surface area contributed by atoms with Gasteiger partial charge in [0, 0.05) is 42.5 Å². The van der Waals surface area contributed by atoms with E-state index in [2.05, 4.69) is 35.6 Å². The average molecular weight is 468 g/mol. The number of pyridine rings is 1. The van der Waals surface area contributed by atoms with Gasteiger partial charge in [-0.1, -0.05) is 31.2 Å². The molecular weight excluding hydrogens is 442 g/mol. The van der Waals surface area contributed by atoms with Crippen LogP contribution in [0.4, 0.5) is 5.95 Å². The van der Waals surface area contributed by atoms with Crippen molar-refractivity contribution in [3.63, 3.8) is 0 Å². The van der Waals surface area contributed by atoms with Crippen molar-refractivity contribution in [2.75, 3.05) is 11.9 Å². The van der Waals surface area contributed by atoms with Crippen molar-refractivity contribution in [1.29, 1.82) is 0 Å². The molecule has 0 aliphatic carbocycles. The molecule has 3 heterocycles. The molecule has 0 fully saturated rings. The molecule has 9 heteroatoms. The number of H-pyrrole nitrogens is 2. The summed E-state index contributed by atoms with van der Waals surface area (Å²) >= 11 is 0. The number of carbonyl (C=O) groups excluding carboxylic acids is 2. The van der Waals surface area contributed by atoms with Crippen molar-refractivity contribution >= 4 is 39.6 Å². The molecule has 176 valence electrons. The third-order valence-electron chi connectivity index (χ3n) is 5.85. The summed E-state index contributed by atoms with van der Waals surface area (Å²) in [5.41, 5.74) is 2.82. The Balaban J connectivity index is 1.19. The molecule has 0 spiro atoms. The highest BCUT2D eigenvalue weighted by molar-refractivity contribution is 5.97. The number of rotatable bonds is 8. The van der Waals surface area contributed by atoms with Crippen LogP contribution in [0.1, 0.15) is 30.1 Å². The molecule has 5 aromatic rings. The summed E-state index contributed by atoms with van der Waals surface area (Å²) in [4.78, 5) is 44.0. The zero-order chi connectivity index (χ0) is 24.2. The van der Waals surface area contributed by atoms with Crippen LogP contribution in [0.5, 0.6) is 0 Å². The Morgan fingerprint density at radius 2 is 1.91 bits per heavy atom. The molecule has 0 saturated heterocycles. The maximum absolute atomic E-state index is 12.7. The lowest BCUT2D eigenvalue weighted by Gasteiger charge is -2.12. The lowest BCUT2D eigenvalue weighted by molar-refractivity contribution is -0.116. The SMILES string of the molecule is CC(CCC(=O)Nc1ncc[nH]1)CNC(=O)c1ccc2nc(-c3cc4ccccc4cn3)[nH]c2c1. The topological polar surface area (TPSA) is 128 Å². The second-order valence-electron chi connectivity index (χ2n) is 8.57. The second kappa shape index (κ2) is 9.76. The monoisotopic (exact) mass is 467 g/mol. The van der Waals surface area contributed by atoms with E-state index in [4.69, 9.17) is 0 Å². The number of hydrogen-bond acceptors (Lipinski definition) is 5. The fourth-order valence-corrected chi connectivity index (χ4v) is 3.86. The van der Waals surface area contributed by atoms with Crippen LogP contribution in [0.2, 0.25) is 0 Å². The number of carbonyl (C=O) groups is 2. The van der Waals surface area contributed by atoms with E-state index >= 15 is 0 Å². The van der Waals surface area contributed by atoms with Crippen molar-refractivity contribution in [3.05, 3.63) is 72.7 Å². The highest BCUT2D eigenvalue weighted by Gasteiger charge is 2.13. The van der Waals surface area contributed by atoms with Crippen molar-refractivity contribution in [2.45, 2.75) is 19.8 Å². The number of nitrogens with zero attached hydrogens (tertiary/aromatic N) is 3. The van der Waals surface area contributed by atoms with E-state index < -0.39 is 0 Å². The highest BCUT2D eigenvalue weighted by Crippen LogP contribution is 2.23. The molecule has 0 radical (unpaired) electrons. The second-order valence-corrected chi connectivity index (χ2v) is 8.57. The minimum Gasteiger partial charge on any atom is -0.352 e. The molecule has 4 N–H and O–H groups in total. The molecule has 5 rings (SSSR count). The standard InChI is InChI=1S/C26H25N7O2/c1-16(6-9-23(34)33-26-27-10-11-28-26)14-30-25(35)18-7-8-20-21(13-18)32-24(31-20)22-12-17-4-2-3-5-19(17)15-29-22/h2-5,7-8,10-13,15-16H,6,9,14H2,1H3,(H,30,35)(H,31,32)(H2,27,28,33,34). The smallest absolute Gasteiger partial charge is 0.251 e. The molecule has 1 unspecified atom stereocenters. The van der Waals surface area contributed by atoms with Gasteiger partial charge < -0.3 is 15.3 Å². The number of hydrogen-bond donors (Lipinski definition) is 4. The molecule has 0 aliphatic heterocycles. The maximum Gasteiger partial charge on any atom is 0.251 e. The Bertz CT molecular complexity index is 1490. The van der Waals surface area contributed by atoms with Gasteiger partial charge in [0.05, 0.1) is 11.0 Å². The van der Waals surface area contributed by atoms with Crippen LogP contribution in [-0.4, -0.2) is 43.3 Å². The Hall–Kier alpha value is -4.53. The number of fused-ring (bicyclic) bond motifs is 2. The Kier molecular flexibility index (Phi) is 6.21. The first-order chi connectivity index (χ1) is 17.0. The summed E-state index contributed by atoms with van der Waals surface area (Å²) in [6.07, 6.45) is 6.06. The zero-order valence-corrected chi connectivity index (χ0v) is 19.2. The van der Waals surface area contributed by atoms with E-state index in [9.17, 15) is 9.59 Å². The third-order valence-corrected chi connectivity index (χ3v) is 5.85. The molecule has 1 atom stereocenters. The summed E-state index contributed by atoms with van der Waals surface area (Å²) in [5.74, 6) is 0.954. The largest absolute Gasteiger partial charge is 0.352 e. The molecule has 0 saturated carbocycles. The summed E-state index contributed by atoms with van der Waals surface area (Å²) < 4.78 is 0. The number of aromatic amines is 2. The van der Waals surface area contributed by atoms with Crippen molar-refractivity contribution < 1.29 is 9.59 Å². The fourth-order valence-electron chi connectivity index (χ4n) is 3.86. The van der Waals surface area contributed by atoms with E-state index in [-0.39, 0.29) is 17.7 Å². The first kappa shape index (κ1) is 22.3. The summed E-state index contributed by atoms with van der Waals surface area (Å²) in [5, 5.41) is 7.81. The molecule has 3 aromatic heterocycles. The van der Waals surface area contributed by atoms with Gasteiger partial charge in [0.15, 0.2) is 5.82 Å². The van der Waals surface area contributed by atoms with Gasteiger partial charge in [-0.2, -0.15) is 0 Å². The molecule has 0 bridgehead atoms. The van der Waals surface area contributed by atoms with Gasteiger partial charge in [-0.3, -0.25) is 19.9 Å². The minimum atomic E-state index is -0.168. The lowest BCUT2D eigenvalue weighted by atomic mass is 10.1. The van der Waals surface area contributed by atoms with Crippen LogP contribution in [0.3, 0.4) is 0 Å². The van der Waals surface area contributed by atoms with Gasteiger partial charge in [0.1, 0.15) is 5.69 Å². The molecular formula is C26H25N7O2. The number of nitrogens with one attached hydrogen (secondary N) is 4. The van der Waals surface area contributed by atoms with Crippen LogP contribution in [0.25, 0.3) is 33.3 Å². The predicted octanol–water partition coefficient (Wildman–Crippen LogP) is 4.29. The van der Waals surface area contributed by atoms with Crippen LogP contribution >= 0.6 is 0 Å². The molecule has 35 heavy (non-hydrogen) atoms.